The first kappa shape index (κ1) is 19.2. The number of carbonyl (C=O) groups is 2. The SMILES string of the molecule is COc1cccc(C(=O)O[C@H](C)C(=O)Nc2ccccc2-c2ccccc2)c1. The lowest BCUT2D eigenvalue weighted by molar-refractivity contribution is -0.123. The van der Waals surface area contributed by atoms with Gasteiger partial charge >= 0.3 is 5.97 Å². The van der Waals surface area contributed by atoms with Gasteiger partial charge in [-0.15, -0.1) is 0 Å². The zero-order chi connectivity index (χ0) is 19.9. The van der Waals surface area contributed by atoms with Gasteiger partial charge in [-0.2, -0.15) is 0 Å². The number of methoxy groups -OCH3 is 1. The summed E-state index contributed by atoms with van der Waals surface area (Å²) >= 11 is 0. The molecule has 0 heterocycles. The molecular formula is C23H21NO4. The zero-order valence-electron chi connectivity index (χ0n) is 15.7. The van der Waals surface area contributed by atoms with Gasteiger partial charge < -0.3 is 14.8 Å². The van der Waals surface area contributed by atoms with Crippen molar-refractivity contribution in [1.82, 2.24) is 0 Å². The third-order valence-electron chi connectivity index (χ3n) is 4.23. The summed E-state index contributed by atoms with van der Waals surface area (Å²) in [6, 6.07) is 23.8. The van der Waals surface area contributed by atoms with Crippen LogP contribution in [-0.2, 0) is 9.53 Å². The number of para-hydroxylation sites is 1. The first-order chi connectivity index (χ1) is 13.6. The smallest absolute Gasteiger partial charge is 0.339 e. The molecule has 0 fully saturated rings. The lowest BCUT2D eigenvalue weighted by atomic mass is 10.0. The van der Waals surface area contributed by atoms with Crippen molar-refractivity contribution in [3.63, 3.8) is 0 Å². The van der Waals surface area contributed by atoms with Gasteiger partial charge in [-0.25, -0.2) is 4.79 Å². The Balaban J connectivity index is 1.70. The molecular weight excluding hydrogens is 354 g/mol. The second kappa shape index (κ2) is 8.86. The van der Waals surface area contributed by atoms with Gasteiger partial charge in [0.2, 0.25) is 0 Å². The average molecular weight is 375 g/mol. The molecule has 0 aromatic heterocycles. The van der Waals surface area contributed by atoms with Gasteiger partial charge in [-0.05, 0) is 36.8 Å². The summed E-state index contributed by atoms with van der Waals surface area (Å²) in [5.74, 6) is -0.444. The van der Waals surface area contributed by atoms with Crippen LogP contribution < -0.4 is 10.1 Å². The van der Waals surface area contributed by atoms with Crippen molar-refractivity contribution in [3.05, 3.63) is 84.4 Å². The van der Waals surface area contributed by atoms with E-state index in [2.05, 4.69) is 5.32 Å². The highest BCUT2D eigenvalue weighted by atomic mass is 16.5. The third kappa shape index (κ3) is 4.57. The molecule has 0 aliphatic heterocycles. The fraction of sp³-hybridized carbons (Fsp3) is 0.130. The molecule has 0 bridgehead atoms. The number of carbonyl (C=O) groups excluding carboxylic acids is 2. The van der Waals surface area contributed by atoms with Gasteiger partial charge in [0.25, 0.3) is 5.91 Å². The van der Waals surface area contributed by atoms with Crippen molar-refractivity contribution in [2.45, 2.75) is 13.0 Å². The standard InChI is InChI=1S/C23H21NO4/c1-16(28-23(26)18-11-8-12-19(15-18)27-2)22(25)24-21-14-7-6-13-20(21)17-9-4-3-5-10-17/h3-16H,1-2H3,(H,24,25)/t16-/m1/s1. The topological polar surface area (TPSA) is 64.6 Å². The number of ether oxygens (including phenoxy) is 2. The van der Waals surface area contributed by atoms with Crippen LogP contribution in [0.2, 0.25) is 0 Å². The number of hydrogen-bond donors (Lipinski definition) is 1. The Morgan fingerprint density at radius 3 is 2.36 bits per heavy atom. The van der Waals surface area contributed by atoms with E-state index in [9.17, 15) is 9.59 Å². The van der Waals surface area contributed by atoms with E-state index >= 15 is 0 Å². The minimum absolute atomic E-state index is 0.323. The Morgan fingerprint density at radius 1 is 0.893 bits per heavy atom. The van der Waals surface area contributed by atoms with Gasteiger partial charge in [0.05, 0.1) is 12.7 Å². The quantitative estimate of drug-likeness (QED) is 0.642. The van der Waals surface area contributed by atoms with Crippen molar-refractivity contribution >= 4 is 17.6 Å². The minimum Gasteiger partial charge on any atom is -0.497 e. The molecule has 3 aromatic rings. The molecule has 0 saturated carbocycles. The maximum atomic E-state index is 12.6. The highest BCUT2D eigenvalue weighted by Crippen LogP contribution is 2.27. The van der Waals surface area contributed by atoms with Gasteiger partial charge in [0.1, 0.15) is 5.75 Å². The first-order valence-electron chi connectivity index (χ1n) is 8.89. The molecule has 142 valence electrons. The average Bonchev–Trinajstić information content (AvgIpc) is 2.74. The van der Waals surface area contributed by atoms with Crippen LogP contribution in [0.25, 0.3) is 11.1 Å². The van der Waals surface area contributed by atoms with Crippen molar-refractivity contribution in [2.75, 3.05) is 12.4 Å². The van der Waals surface area contributed by atoms with Crippen LogP contribution in [0, 0.1) is 0 Å². The summed E-state index contributed by atoms with van der Waals surface area (Å²) in [4.78, 5) is 24.9. The van der Waals surface area contributed by atoms with E-state index < -0.39 is 18.0 Å². The van der Waals surface area contributed by atoms with Gasteiger partial charge in [-0.1, -0.05) is 54.6 Å². The van der Waals surface area contributed by atoms with Crippen molar-refractivity contribution in [1.29, 1.82) is 0 Å². The van der Waals surface area contributed by atoms with Crippen LogP contribution in [0.5, 0.6) is 5.75 Å². The fourth-order valence-corrected chi connectivity index (χ4v) is 2.73. The maximum absolute atomic E-state index is 12.6. The van der Waals surface area contributed by atoms with E-state index in [0.29, 0.717) is 17.0 Å². The fourth-order valence-electron chi connectivity index (χ4n) is 2.73. The number of esters is 1. The zero-order valence-corrected chi connectivity index (χ0v) is 15.7. The molecule has 0 unspecified atom stereocenters. The van der Waals surface area contributed by atoms with Crippen molar-refractivity contribution in [3.8, 4) is 16.9 Å². The predicted molar refractivity (Wildman–Crippen MR) is 108 cm³/mol. The van der Waals surface area contributed by atoms with E-state index in [1.165, 1.54) is 7.11 Å². The molecule has 1 amide bonds. The molecule has 0 aliphatic rings. The van der Waals surface area contributed by atoms with Gasteiger partial charge in [0.15, 0.2) is 6.10 Å². The van der Waals surface area contributed by atoms with Crippen LogP contribution in [-0.4, -0.2) is 25.1 Å². The van der Waals surface area contributed by atoms with Crippen molar-refractivity contribution < 1.29 is 19.1 Å². The Hall–Kier alpha value is -3.60. The molecule has 28 heavy (non-hydrogen) atoms. The number of nitrogens with one attached hydrogen (secondary N) is 1. The summed E-state index contributed by atoms with van der Waals surface area (Å²) in [5.41, 5.74) is 2.86. The number of anilines is 1. The van der Waals surface area contributed by atoms with Gasteiger partial charge in [0, 0.05) is 11.3 Å². The Kier molecular flexibility index (Phi) is 6.07. The van der Waals surface area contributed by atoms with Crippen LogP contribution in [0.1, 0.15) is 17.3 Å². The molecule has 0 radical (unpaired) electrons. The highest BCUT2D eigenvalue weighted by Gasteiger charge is 2.20. The van der Waals surface area contributed by atoms with Crippen LogP contribution >= 0.6 is 0 Å². The van der Waals surface area contributed by atoms with E-state index in [-0.39, 0.29) is 0 Å². The Morgan fingerprint density at radius 2 is 1.61 bits per heavy atom. The first-order valence-corrected chi connectivity index (χ1v) is 8.89. The molecule has 5 nitrogen and oxygen atoms in total. The molecule has 0 saturated heterocycles. The summed E-state index contributed by atoms with van der Waals surface area (Å²) in [5, 5.41) is 2.85. The highest BCUT2D eigenvalue weighted by molar-refractivity contribution is 6.00. The molecule has 0 aliphatic carbocycles. The lowest BCUT2D eigenvalue weighted by Gasteiger charge is -2.16. The molecule has 3 rings (SSSR count). The second-order valence-electron chi connectivity index (χ2n) is 6.18. The summed E-state index contributed by atoms with van der Waals surface area (Å²) < 4.78 is 10.4. The van der Waals surface area contributed by atoms with E-state index in [1.54, 1.807) is 31.2 Å². The molecule has 1 N–H and O–H groups in total. The van der Waals surface area contributed by atoms with E-state index in [4.69, 9.17) is 9.47 Å². The monoisotopic (exact) mass is 375 g/mol. The van der Waals surface area contributed by atoms with Crippen LogP contribution in [0.15, 0.2) is 78.9 Å². The number of amides is 1. The van der Waals surface area contributed by atoms with Gasteiger partial charge in [-0.3, -0.25) is 4.79 Å². The number of hydrogen-bond acceptors (Lipinski definition) is 4. The molecule has 3 aromatic carbocycles. The molecule has 1 atom stereocenters. The Labute approximate surface area is 163 Å². The van der Waals surface area contributed by atoms with E-state index in [1.807, 2.05) is 54.6 Å². The predicted octanol–water partition coefficient (Wildman–Crippen LogP) is 4.55. The lowest BCUT2D eigenvalue weighted by Crippen LogP contribution is -2.30. The number of benzene rings is 3. The van der Waals surface area contributed by atoms with Crippen molar-refractivity contribution in [2.24, 2.45) is 0 Å². The van der Waals surface area contributed by atoms with Crippen LogP contribution in [0.4, 0.5) is 5.69 Å². The maximum Gasteiger partial charge on any atom is 0.339 e. The van der Waals surface area contributed by atoms with E-state index in [0.717, 1.165) is 11.1 Å². The number of rotatable bonds is 6. The normalized spacial score (nSPS) is 11.4. The Bertz CT molecular complexity index is 969. The molecule has 5 heteroatoms. The third-order valence-corrected chi connectivity index (χ3v) is 4.23. The largest absolute Gasteiger partial charge is 0.497 e. The summed E-state index contributed by atoms with van der Waals surface area (Å²) in [7, 11) is 1.52. The minimum atomic E-state index is -0.956. The summed E-state index contributed by atoms with van der Waals surface area (Å²) in [6.45, 7) is 1.54. The summed E-state index contributed by atoms with van der Waals surface area (Å²) in [6.07, 6.45) is -0.956. The molecule has 0 spiro atoms. The second-order valence-corrected chi connectivity index (χ2v) is 6.18. The van der Waals surface area contributed by atoms with Crippen LogP contribution in [0.3, 0.4) is 0 Å².